The molecule has 0 unspecified atom stereocenters. The summed E-state index contributed by atoms with van der Waals surface area (Å²) in [4.78, 5) is 12.2. The van der Waals surface area contributed by atoms with Crippen LogP contribution in [0.5, 0.6) is 0 Å². The molecule has 2 aromatic rings. The number of nitrogens with one attached hydrogen (secondary N) is 1. The Hall–Kier alpha value is -1.81. The van der Waals surface area contributed by atoms with Crippen molar-refractivity contribution in [3.63, 3.8) is 0 Å². The highest BCUT2D eigenvalue weighted by molar-refractivity contribution is 5.84. The van der Waals surface area contributed by atoms with E-state index in [1.165, 1.54) is 12.8 Å². The van der Waals surface area contributed by atoms with Gasteiger partial charge >= 0.3 is 0 Å². The van der Waals surface area contributed by atoms with Crippen molar-refractivity contribution in [3.05, 3.63) is 40.8 Å². The Labute approximate surface area is 99.0 Å². The lowest BCUT2D eigenvalue weighted by Gasteiger charge is -2.07. The molecule has 0 atom stereocenters. The van der Waals surface area contributed by atoms with Crippen molar-refractivity contribution in [1.29, 1.82) is 0 Å². The van der Waals surface area contributed by atoms with E-state index in [9.17, 15) is 4.79 Å². The van der Waals surface area contributed by atoms with Gasteiger partial charge in [0.2, 0.25) is 0 Å². The summed E-state index contributed by atoms with van der Waals surface area (Å²) in [7, 11) is 0. The molecule has 1 aliphatic rings. The number of anilines is 1. The molecule has 0 amide bonds. The number of nitrogens with two attached hydrogens (primary N) is 1. The summed E-state index contributed by atoms with van der Waals surface area (Å²) in [6.07, 6.45) is 4.38. The standard InChI is InChI=1S/C13H15N3O/c14-15-11-3-4-12-10(7-11)5-6-16(13(12)17)8-9-1-2-9/h3-7,9,15H,1-2,8,14H2. The first kappa shape index (κ1) is 10.4. The number of nitrogens with zero attached hydrogens (tertiary/aromatic N) is 1. The zero-order valence-corrected chi connectivity index (χ0v) is 9.52. The minimum absolute atomic E-state index is 0.0953. The molecule has 1 fully saturated rings. The van der Waals surface area contributed by atoms with Crippen LogP contribution in [0.3, 0.4) is 0 Å². The second kappa shape index (κ2) is 3.89. The number of hydrazine groups is 1. The molecule has 1 saturated carbocycles. The third-order valence-corrected chi connectivity index (χ3v) is 3.30. The third-order valence-electron chi connectivity index (χ3n) is 3.30. The van der Waals surface area contributed by atoms with E-state index >= 15 is 0 Å². The highest BCUT2D eigenvalue weighted by atomic mass is 16.1. The molecule has 88 valence electrons. The van der Waals surface area contributed by atoms with Gasteiger partial charge in [0.15, 0.2) is 0 Å². The minimum Gasteiger partial charge on any atom is -0.324 e. The summed E-state index contributed by atoms with van der Waals surface area (Å²) >= 11 is 0. The first-order chi connectivity index (χ1) is 8.28. The number of hydrogen-bond acceptors (Lipinski definition) is 3. The fraction of sp³-hybridized carbons (Fsp3) is 0.308. The van der Waals surface area contributed by atoms with Crippen LogP contribution in [-0.4, -0.2) is 4.57 Å². The smallest absolute Gasteiger partial charge is 0.258 e. The first-order valence-corrected chi connectivity index (χ1v) is 5.88. The van der Waals surface area contributed by atoms with Crippen molar-refractivity contribution in [2.75, 3.05) is 5.43 Å². The van der Waals surface area contributed by atoms with Gasteiger partial charge in [-0.25, -0.2) is 0 Å². The predicted octanol–water partition coefficient (Wildman–Crippen LogP) is 1.70. The van der Waals surface area contributed by atoms with Crippen molar-refractivity contribution in [2.45, 2.75) is 19.4 Å². The lowest BCUT2D eigenvalue weighted by Crippen LogP contribution is -2.20. The average molecular weight is 229 g/mol. The summed E-state index contributed by atoms with van der Waals surface area (Å²) in [5.41, 5.74) is 3.50. The zero-order valence-electron chi connectivity index (χ0n) is 9.52. The van der Waals surface area contributed by atoms with E-state index in [0.717, 1.165) is 23.0 Å². The van der Waals surface area contributed by atoms with Crippen molar-refractivity contribution in [2.24, 2.45) is 11.8 Å². The Morgan fingerprint density at radius 2 is 2.18 bits per heavy atom. The van der Waals surface area contributed by atoms with Crippen LogP contribution in [0.15, 0.2) is 35.3 Å². The Balaban J connectivity index is 2.10. The van der Waals surface area contributed by atoms with E-state index in [0.29, 0.717) is 5.92 Å². The van der Waals surface area contributed by atoms with E-state index in [1.54, 1.807) is 0 Å². The average Bonchev–Trinajstić information content (AvgIpc) is 3.16. The molecular formula is C13H15N3O. The zero-order chi connectivity index (χ0) is 11.8. The van der Waals surface area contributed by atoms with Gasteiger partial charge in [-0.1, -0.05) is 0 Å². The largest absolute Gasteiger partial charge is 0.324 e. The highest BCUT2D eigenvalue weighted by Gasteiger charge is 2.22. The molecule has 0 saturated heterocycles. The van der Waals surface area contributed by atoms with Crippen LogP contribution >= 0.6 is 0 Å². The Morgan fingerprint density at radius 1 is 1.35 bits per heavy atom. The molecule has 0 radical (unpaired) electrons. The van der Waals surface area contributed by atoms with Crippen LogP contribution in [-0.2, 0) is 6.54 Å². The van der Waals surface area contributed by atoms with E-state index in [2.05, 4.69) is 5.43 Å². The summed E-state index contributed by atoms with van der Waals surface area (Å²) in [5.74, 6) is 6.05. The fourth-order valence-electron chi connectivity index (χ4n) is 2.10. The van der Waals surface area contributed by atoms with Crippen LogP contribution in [0, 0.1) is 5.92 Å². The molecule has 1 aliphatic carbocycles. The van der Waals surface area contributed by atoms with Gasteiger partial charge in [0.1, 0.15) is 0 Å². The van der Waals surface area contributed by atoms with Gasteiger partial charge < -0.3 is 9.99 Å². The third kappa shape index (κ3) is 1.91. The topological polar surface area (TPSA) is 60.0 Å². The second-order valence-corrected chi connectivity index (χ2v) is 4.66. The van der Waals surface area contributed by atoms with Crippen LogP contribution in [0.25, 0.3) is 10.8 Å². The molecule has 17 heavy (non-hydrogen) atoms. The minimum atomic E-state index is 0.0953. The number of nitrogen functional groups attached to an aromatic ring is 1. The number of hydrogen-bond donors (Lipinski definition) is 2. The maximum Gasteiger partial charge on any atom is 0.258 e. The molecule has 0 spiro atoms. The molecule has 3 N–H and O–H groups in total. The molecule has 1 heterocycles. The normalized spacial score (nSPS) is 15.1. The van der Waals surface area contributed by atoms with Gasteiger partial charge in [-0.15, -0.1) is 0 Å². The van der Waals surface area contributed by atoms with Gasteiger partial charge in [0.25, 0.3) is 5.56 Å². The lowest BCUT2D eigenvalue weighted by molar-refractivity contribution is 0.611. The number of benzene rings is 1. The summed E-state index contributed by atoms with van der Waals surface area (Å²) in [5, 5.41) is 1.68. The van der Waals surface area contributed by atoms with Gasteiger partial charge in [-0.05, 0) is 48.4 Å². The second-order valence-electron chi connectivity index (χ2n) is 4.66. The summed E-state index contributed by atoms with van der Waals surface area (Å²) in [6.45, 7) is 0.853. The molecule has 4 heteroatoms. The van der Waals surface area contributed by atoms with E-state index < -0.39 is 0 Å². The van der Waals surface area contributed by atoms with Crippen LogP contribution in [0.1, 0.15) is 12.8 Å². The van der Waals surface area contributed by atoms with Gasteiger partial charge in [-0.3, -0.25) is 10.6 Å². The Bertz CT molecular complexity index is 614. The number of rotatable bonds is 3. The van der Waals surface area contributed by atoms with Crippen molar-refractivity contribution < 1.29 is 0 Å². The Morgan fingerprint density at radius 3 is 2.88 bits per heavy atom. The predicted molar refractivity (Wildman–Crippen MR) is 68.7 cm³/mol. The quantitative estimate of drug-likeness (QED) is 0.622. The summed E-state index contributed by atoms with van der Waals surface area (Å²) < 4.78 is 1.82. The van der Waals surface area contributed by atoms with Crippen LogP contribution in [0.2, 0.25) is 0 Å². The fourth-order valence-corrected chi connectivity index (χ4v) is 2.10. The monoisotopic (exact) mass is 229 g/mol. The number of aromatic nitrogens is 1. The van der Waals surface area contributed by atoms with Crippen LogP contribution in [0.4, 0.5) is 5.69 Å². The first-order valence-electron chi connectivity index (χ1n) is 5.88. The van der Waals surface area contributed by atoms with E-state index in [4.69, 9.17) is 5.84 Å². The maximum absolute atomic E-state index is 12.2. The molecule has 1 aromatic carbocycles. The van der Waals surface area contributed by atoms with Crippen molar-refractivity contribution in [1.82, 2.24) is 4.57 Å². The van der Waals surface area contributed by atoms with E-state index in [-0.39, 0.29) is 5.56 Å². The lowest BCUT2D eigenvalue weighted by atomic mass is 10.1. The van der Waals surface area contributed by atoms with E-state index in [1.807, 2.05) is 35.0 Å². The SMILES string of the molecule is NNc1ccc2c(=O)n(CC3CC3)ccc2c1. The maximum atomic E-state index is 12.2. The Kier molecular flexibility index (Phi) is 2.37. The van der Waals surface area contributed by atoms with Gasteiger partial charge in [0.05, 0.1) is 0 Å². The molecule has 0 bridgehead atoms. The number of pyridine rings is 1. The molecule has 0 aliphatic heterocycles. The molecule has 3 rings (SSSR count). The molecular weight excluding hydrogens is 214 g/mol. The highest BCUT2D eigenvalue weighted by Crippen LogP contribution is 2.30. The summed E-state index contributed by atoms with van der Waals surface area (Å²) in [6, 6.07) is 7.51. The van der Waals surface area contributed by atoms with Gasteiger partial charge in [0, 0.05) is 23.8 Å². The van der Waals surface area contributed by atoms with Gasteiger partial charge in [-0.2, -0.15) is 0 Å². The molecule has 1 aromatic heterocycles. The van der Waals surface area contributed by atoms with Crippen LogP contribution < -0.4 is 16.8 Å². The van der Waals surface area contributed by atoms with Crippen molar-refractivity contribution in [3.8, 4) is 0 Å². The van der Waals surface area contributed by atoms with Crippen molar-refractivity contribution >= 4 is 16.5 Å². The molecule has 4 nitrogen and oxygen atoms in total. The number of fused-ring (bicyclic) bond motifs is 1.